The summed E-state index contributed by atoms with van der Waals surface area (Å²) >= 11 is 0. The topological polar surface area (TPSA) is 0 Å². The first-order chi connectivity index (χ1) is 20.1. The summed E-state index contributed by atoms with van der Waals surface area (Å²) in [5.41, 5.74) is 1.11. The fraction of sp³-hybridized carbons (Fsp3) is 1.00. The highest BCUT2D eigenvalue weighted by Gasteiger charge is 2.33. The molecule has 0 atom stereocenters. The summed E-state index contributed by atoms with van der Waals surface area (Å²) in [5.74, 6) is 2.72. The molecule has 0 aromatic carbocycles. The van der Waals surface area contributed by atoms with Crippen molar-refractivity contribution in [1.29, 1.82) is 0 Å². The van der Waals surface area contributed by atoms with E-state index in [1.54, 1.807) is 0 Å². The van der Waals surface area contributed by atoms with E-state index in [0.717, 1.165) is 17.8 Å². The van der Waals surface area contributed by atoms with Crippen LogP contribution in [0.15, 0.2) is 0 Å². The monoisotopic (exact) mass is 617 g/mol. The third-order valence-corrected chi connectivity index (χ3v) is 5.55. The number of hydrogen-bond acceptors (Lipinski definition) is 0. The molecule has 4 aliphatic carbocycles. The van der Waals surface area contributed by atoms with E-state index in [2.05, 4.69) is 90.0 Å². The molecule has 0 N–H and O–H groups in total. The van der Waals surface area contributed by atoms with Crippen molar-refractivity contribution in [2.24, 2.45) is 28.6 Å². The first-order valence-electron chi connectivity index (χ1n) is 20.1. The number of hydrogen-bond donors (Lipinski definition) is 0. The molecule has 0 nitrogen and oxygen atoms in total. The van der Waals surface area contributed by atoms with Gasteiger partial charge in [0.05, 0.1) is 0 Å². The quantitative estimate of drug-likeness (QED) is 0.254. The second-order valence-corrected chi connectivity index (χ2v) is 15.4. The van der Waals surface area contributed by atoms with Gasteiger partial charge in [0.2, 0.25) is 0 Å². The highest BCUT2D eigenvalue weighted by atomic mass is 14.4. The molecule has 0 aliphatic heterocycles. The van der Waals surface area contributed by atoms with Crippen LogP contribution < -0.4 is 0 Å². The fourth-order valence-corrected chi connectivity index (χ4v) is 3.14. The van der Waals surface area contributed by atoms with Gasteiger partial charge in [-0.15, -0.1) is 0 Å². The Morgan fingerprint density at radius 2 is 0.419 bits per heavy atom. The maximum Gasteiger partial charge on any atom is -0.0354 e. The molecule has 272 valence electrons. The number of rotatable bonds is 0. The van der Waals surface area contributed by atoms with Gasteiger partial charge in [-0.25, -0.2) is 0 Å². The van der Waals surface area contributed by atoms with Crippen LogP contribution in [0.4, 0.5) is 0 Å². The van der Waals surface area contributed by atoms with Gasteiger partial charge in [0.25, 0.3) is 0 Å². The van der Waals surface area contributed by atoms with Crippen molar-refractivity contribution in [2.75, 3.05) is 0 Å². The van der Waals surface area contributed by atoms with E-state index in [1.165, 1.54) is 109 Å². The molecule has 4 aliphatic rings. The molecular formula is C43H100. The minimum atomic E-state index is 0.500. The zero-order chi connectivity index (χ0) is 35.8. The van der Waals surface area contributed by atoms with Crippen molar-refractivity contribution in [3.63, 3.8) is 0 Å². The lowest BCUT2D eigenvalue weighted by Gasteiger charge is -2.15. The fourth-order valence-electron chi connectivity index (χ4n) is 3.14. The largest absolute Gasteiger partial charge is 0.0683 e. The lowest BCUT2D eigenvalue weighted by Crippen LogP contribution is -2.06. The summed E-state index contributed by atoms with van der Waals surface area (Å²) in [6, 6.07) is 0. The van der Waals surface area contributed by atoms with Gasteiger partial charge in [0.15, 0.2) is 0 Å². The van der Waals surface area contributed by atoms with E-state index in [1.807, 2.05) is 55.4 Å². The van der Waals surface area contributed by atoms with Gasteiger partial charge >= 0.3 is 0 Å². The zero-order valence-electron chi connectivity index (χ0n) is 35.8. The minimum Gasteiger partial charge on any atom is -0.0683 e. The molecule has 0 radical (unpaired) electrons. The average Bonchev–Trinajstić information content (AvgIpc) is 3.61. The lowest BCUT2D eigenvalue weighted by molar-refractivity contribution is 0.351. The molecule has 0 unspecified atom stereocenters. The van der Waals surface area contributed by atoms with E-state index in [4.69, 9.17) is 0 Å². The van der Waals surface area contributed by atoms with E-state index < -0.39 is 0 Å². The predicted molar refractivity (Wildman–Crippen MR) is 213 cm³/mol. The molecule has 4 fully saturated rings. The van der Waals surface area contributed by atoms with Crippen LogP contribution in [0.1, 0.15) is 255 Å². The van der Waals surface area contributed by atoms with Crippen molar-refractivity contribution in [2.45, 2.75) is 255 Å². The van der Waals surface area contributed by atoms with Crippen LogP contribution in [0.25, 0.3) is 0 Å². The van der Waals surface area contributed by atoms with Crippen molar-refractivity contribution >= 4 is 0 Å². The Morgan fingerprint density at radius 1 is 0.326 bits per heavy atom. The predicted octanol–water partition coefficient (Wildman–Crippen LogP) is 17.8. The van der Waals surface area contributed by atoms with Crippen LogP contribution in [-0.4, -0.2) is 0 Å². The Morgan fingerprint density at radius 3 is 0.442 bits per heavy atom. The molecule has 0 heterocycles. The highest BCUT2D eigenvalue weighted by Crippen LogP contribution is 2.44. The molecule has 0 spiro atoms. The molecule has 0 aromatic rings. The van der Waals surface area contributed by atoms with Crippen LogP contribution in [-0.2, 0) is 0 Å². The summed E-state index contributed by atoms with van der Waals surface area (Å²) < 4.78 is 0. The highest BCUT2D eigenvalue weighted by molar-refractivity contribution is 4.84. The summed E-state index contributed by atoms with van der Waals surface area (Å²) in [5, 5.41) is 0. The lowest BCUT2D eigenvalue weighted by atomic mass is 9.91. The maximum absolute atomic E-state index is 2.32. The standard InChI is InChI=1S/C7H14.C6H12.C5H10.C5H12.C4H8.2C4H10.4C2H6/c1-7(2,3)6-4-5-6;1-2-4-6-5-3-1;1-2-4-5-3-1;1-5(2,3)4;1-2-4-3-1;2*1-4(2)3;4*1-2/h6H,4-5H2,1-3H3;1-6H2;1-5H2;1-4H3;1-4H2;2*4H,1-3H3;4*1-2H3. The molecule has 0 bridgehead atoms. The van der Waals surface area contributed by atoms with Gasteiger partial charge in [0.1, 0.15) is 0 Å². The molecule has 0 aromatic heterocycles. The van der Waals surface area contributed by atoms with Crippen molar-refractivity contribution in [1.82, 2.24) is 0 Å². The molecule has 4 saturated carbocycles. The van der Waals surface area contributed by atoms with E-state index in [-0.39, 0.29) is 0 Å². The van der Waals surface area contributed by atoms with Crippen LogP contribution in [0.2, 0.25) is 0 Å². The van der Waals surface area contributed by atoms with Gasteiger partial charge in [-0.1, -0.05) is 242 Å². The van der Waals surface area contributed by atoms with Gasteiger partial charge < -0.3 is 0 Å². The van der Waals surface area contributed by atoms with Gasteiger partial charge in [0, 0.05) is 0 Å². The van der Waals surface area contributed by atoms with Crippen molar-refractivity contribution in [3.05, 3.63) is 0 Å². The summed E-state index contributed by atoms with van der Waals surface area (Å²) in [7, 11) is 0. The average molecular weight is 617 g/mol. The molecule has 0 saturated heterocycles. The second kappa shape index (κ2) is 48.9. The minimum absolute atomic E-state index is 0.500. The van der Waals surface area contributed by atoms with Gasteiger partial charge in [-0.2, -0.15) is 0 Å². The SMILES string of the molecule is C1CCC1.C1CCCC1.C1CCCCC1.CC.CC.CC.CC.CC(C)(C)C.CC(C)(C)C1CC1.CC(C)C.CC(C)C. The Labute approximate surface area is 282 Å². The van der Waals surface area contributed by atoms with E-state index in [9.17, 15) is 0 Å². The zero-order valence-corrected chi connectivity index (χ0v) is 35.8. The van der Waals surface area contributed by atoms with Gasteiger partial charge in [-0.3, -0.25) is 0 Å². The van der Waals surface area contributed by atoms with Crippen LogP contribution >= 0.6 is 0 Å². The summed E-state index contributed by atoms with van der Waals surface area (Å²) in [6.07, 6.45) is 25.5. The molecule has 4 rings (SSSR count). The first kappa shape index (κ1) is 58.5. The van der Waals surface area contributed by atoms with Crippen LogP contribution in [0.5, 0.6) is 0 Å². The molecule has 0 heteroatoms. The third-order valence-electron chi connectivity index (χ3n) is 5.55. The molecular weight excluding hydrogens is 516 g/mol. The van der Waals surface area contributed by atoms with Gasteiger partial charge in [-0.05, 0) is 41.4 Å². The van der Waals surface area contributed by atoms with Crippen LogP contribution in [0, 0.1) is 28.6 Å². The van der Waals surface area contributed by atoms with E-state index >= 15 is 0 Å². The van der Waals surface area contributed by atoms with E-state index in [0.29, 0.717) is 10.8 Å². The Kier molecular flexibility index (Phi) is 66.5. The van der Waals surface area contributed by atoms with Crippen LogP contribution in [0.3, 0.4) is 0 Å². The molecule has 0 amide bonds. The molecule has 43 heavy (non-hydrogen) atoms. The Hall–Kier alpha value is 0. The smallest absolute Gasteiger partial charge is 0.0354 e. The Balaban J connectivity index is -0.0000000682. The first-order valence-corrected chi connectivity index (χ1v) is 20.1. The normalized spacial score (nSPS) is 15.7. The third kappa shape index (κ3) is 117. The van der Waals surface area contributed by atoms with Crippen molar-refractivity contribution < 1.29 is 0 Å². The maximum atomic E-state index is 2.32. The van der Waals surface area contributed by atoms with Crippen molar-refractivity contribution in [3.8, 4) is 0 Å². The Bertz CT molecular complexity index is 319. The summed E-state index contributed by atoms with van der Waals surface area (Å²) in [6.45, 7) is 44.7. The second-order valence-electron chi connectivity index (χ2n) is 15.4. The summed E-state index contributed by atoms with van der Waals surface area (Å²) in [4.78, 5) is 0.